The molecule has 2 aromatic carbocycles. The minimum absolute atomic E-state index is 0.151. The molecule has 9 heteroatoms. The molecule has 3 aliphatic heterocycles. The molecule has 0 spiro atoms. The number of carbonyl (C=O) groups is 1. The van der Waals surface area contributed by atoms with Gasteiger partial charge in [-0.15, -0.1) is 0 Å². The van der Waals surface area contributed by atoms with Gasteiger partial charge in [-0.3, -0.25) is 14.6 Å². The fraction of sp³-hybridized carbons (Fsp3) is 0.387. The van der Waals surface area contributed by atoms with Gasteiger partial charge in [-0.1, -0.05) is 18.2 Å². The number of anilines is 1. The number of aromatic amines is 1. The highest BCUT2D eigenvalue weighted by Gasteiger charge is 2.32. The molecule has 3 aliphatic rings. The van der Waals surface area contributed by atoms with Gasteiger partial charge in [0.25, 0.3) is 5.91 Å². The Hall–Kier alpha value is -3.47. The molecule has 1 unspecified atom stereocenters. The van der Waals surface area contributed by atoms with Crippen molar-refractivity contribution in [3.63, 3.8) is 0 Å². The zero-order chi connectivity index (χ0) is 27.8. The van der Waals surface area contributed by atoms with Crippen LogP contribution in [0.3, 0.4) is 0 Å². The molecule has 6 rings (SSSR count). The summed E-state index contributed by atoms with van der Waals surface area (Å²) in [5.74, 6) is 0.642. The van der Waals surface area contributed by atoms with Crippen LogP contribution < -0.4 is 10.1 Å². The number of nitrogens with zero attached hydrogens (tertiary/aromatic N) is 2. The van der Waals surface area contributed by atoms with Crippen molar-refractivity contribution in [3.8, 4) is 16.9 Å². The molecule has 0 saturated carbocycles. The number of methoxy groups -OCH3 is 1. The number of benzene rings is 2. The summed E-state index contributed by atoms with van der Waals surface area (Å²) < 4.78 is 10.7. The van der Waals surface area contributed by atoms with Gasteiger partial charge in [0.1, 0.15) is 12.0 Å². The third-order valence-electron chi connectivity index (χ3n) is 8.20. The molecule has 3 aromatic rings. The number of rotatable bonds is 7. The summed E-state index contributed by atoms with van der Waals surface area (Å²) in [4.78, 5) is 20.6. The molecule has 210 valence electrons. The van der Waals surface area contributed by atoms with Crippen LogP contribution in [0.15, 0.2) is 42.5 Å². The maximum absolute atomic E-state index is 13.0. The van der Waals surface area contributed by atoms with Gasteiger partial charge in [-0.05, 0) is 54.0 Å². The minimum Gasteiger partial charge on any atom is -0.497 e. The van der Waals surface area contributed by atoms with E-state index in [-0.39, 0.29) is 5.91 Å². The Bertz CT molecular complexity index is 1420. The number of aliphatic hydroxyl groups is 2. The highest BCUT2D eigenvalue weighted by atomic mass is 16.5. The number of aromatic nitrogens is 1. The Labute approximate surface area is 234 Å². The predicted octanol–water partition coefficient (Wildman–Crippen LogP) is 3.03. The van der Waals surface area contributed by atoms with Crippen molar-refractivity contribution >= 4 is 23.2 Å². The van der Waals surface area contributed by atoms with E-state index < -0.39 is 12.3 Å². The van der Waals surface area contributed by atoms with E-state index in [9.17, 15) is 15.0 Å². The zero-order valence-electron chi connectivity index (χ0n) is 22.9. The van der Waals surface area contributed by atoms with E-state index in [0.29, 0.717) is 38.4 Å². The minimum atomic E-state index is -0.821. The maximum atomic E-state index is 13.0. The Kier molecular flexibility index (Phi) is 7.48. The lowest BCUT2D eigenvalue weighted by Crippen LogP contribution is -2.46. The first-order chi connectivity index (χ1) is 19.4. The van der Waals surface area contributed by atoms with E-state index in [1.54, 1.807) is 7.11 Å². The number of aliphatic hydroxyl groups excluding tert-OH is 2. The van der Waals surface area contributed by atoms with E-state index >= 15 is 0 Å². The molecule has 4 N–H and O–H groups in total. The molecule has 0 aliphatic carbocycles. The van der Waals surface area contributed by atoms with Gasteiger partial charge in [-0.25, -0.2) is 0 Å². The summed E-state index contributed by atoms with van der Waals surface area (Å²) in [7, 11) is 1.64. The van der Waals surface area contributed by atoms with Crippen molar-refractivity contribution < 1.29 is 24.5 Å². The molecule has 1 aromatic heterocycles. The SMILES string of the molecule is COc1ccc(-c2ccc3c(c2)/C(=C/c2[nH]c4c(c2C)C(O)N(C[C@@H](O)CN2CCOCC2)CC4)C(=O)N3)cc1. The van der Waals surface area contributed by atoms with Crippen molar-refractivity contribution in [2.45, 2.75) is 25.7 Å². The summed E-state index contributed by atoms with van der Waals surface area (Å²) >= 11 is 0. The molecule has 1 fully saturated rings. The molecule has 1 amide bonds. The molecule has 0 radical (unpaired) electrons. The number of H-pyrrole nitrogens is 1. The average Bonchev–Trinajstić information content (AvgIpc) is 3.46. The van der Waals surface area contributed by atoms with Crippen molar-refractivity contribution in [2.75, 3.05) is 58.4 Å². The van der Waals surface area contributed by atoms with Crippen LogP contribution in [0, 0.1) is 6.92 Å². The van der Waals surface area contributed by atoms with Gasteiger partial charge in [-0.2, -0.15) is 0 Å². The Morgan fingerprint density at radius 1 is 1.10 bits per heavy atom. The van der Waals surface area contributed by atoms with E-state index in [2.05, 4.69) is 15.2 Å². The summed E-state index contributed by atoms with van der Waals surface area (Å²) in [6.45, 7) is 6.58. The Balaban J connectivity index is 1.23. The Morgan fingerprint density at radius 3 is 2.60 bits per heavy atom. The van der Waals surface area contributed by atoms with E-state index in [1.165, 1.54) is 0 Å². The van der Waals surface area contributed by atoms with Gasteiger partial charge in [0.2, 0.25) is 0 Å². The molecule has 9 nitrogen and oxygen atoms in total. The topological polar surface area (TPSA) is 110 Å². The number of amides is 1. The summed E-state index contributed by atoms with van der Waals surface area (Å²) in [6.07, 6.45) is 1.23. The largest absolute Gasteiger partial charge is 0.497 e. The average molecular weight is 545 g/mol. The van der Waals surface area contributed by atoms with Crippen molar-refractivity contribution in [2.24, 2.45) is 0 Å². The van der Waals surface area contributed by atoms with Crippen molar-refractivity contribution in [3.05, 3.63) is 70.5 Å². The molecule has 0 bridgehead atoms. The fourth-order valence-corrected chi connectivity index (χ4v) is 5.99. The van der Waals surface area contributed by atoms with Crippen molar-refractivity contribution in [1.82, 2.24) is 14.8 Å². The highest BCUT2D eigenvalue weighted by Crippen LogP contribution is 2.39. The van der Waals surface area contributed by atoms with Crippen LogP contribution in [0.4, 0.5) is 5.69 Å². The van der Waals surface area contributed by atoms with Crippen LogP contribution in [0.2, 0.25) is 0 Å². The second-order valence-electron chi connectivity index (χ2n) is 10.7. The van der Waals surface area contributed by atoms with Gasteiger partial charge >= 0.3 is 0 Å². The second kappa shape index (κ2) is 11.2. The number of hydrogen-bond acceptors (Lipinski definition) is 7. The fourth-order valence-electron chi connectivity index (χ4n) is 5.99. The van der Waals surface area contributed by atoms with E-state index in [4.69, 9.17) is 9.47 Å². The van der Waals surface area contributed by atoms with Crippen molar-refractivity contribution in [1.29, 1.82) is 0 Å². The van der Waals surface area contributed by atoms with Crippen LogP contribution in [-0.4, -0.2) is 90.1 Å². The number of hydrogen-bond donors (Lipinski definition) is 4. The first-order valence-electron chi connectivity index (χ1n) is 13.8. The van der Waals surface area contributed by atoms with Crippen LogP contribution >= 0.6 is 0 Å². The van der Waals surface area contributed by atoms with Gasteiger partial charge in [0.15, 0.2) is 0 Å². The first-order valence-corrected chi connectivity index (χ1v) is 13.8. The zero-order valence-corrected chi connectivity index (χ0v) is 22.9. The number of nitrogens with one attached hydrogen (secondary N) is 2. The smallest absolute Gasteiger partial charge is 0.256 e. The predicted molar refractivity (Wildman–Crippen MR) is 154 cm³/mol. The lowest BCUT2D eigenvalue weighted by molar-refractivity contribution is -0.110. The van der Waals surface area contributed by atoms with Gasteiger partial charge in [0.05, 0.1) is 32.0 Å². The van der Waals surface area contributed by atoms with Gasteiger partial charge in [0, 0.05) is 67.3 Å². The summed E-state index contributed by atoms with van der Waals surface area (Å²) in [5.41, 5.74) is 7.79. The lowest BCUT2D eigenvalue weighted by atomic mass is 9.97. The number of β-amino-alcohol motifs (C(OH)–C–C–N with tert-alkyl or cyclic N) is 1. The highest BCUT2D eigenvalue weighted by molar-refractivity contribution is 6.35. The van der Waals surface area contributed by atoms with E-state index in [0.717, 1.165) is 70.2 Å². The van der Waals surface area contributed by atoms with Gasteiger partial charge < -0.3 is 30.0 Å². The molecular formula is C31H36N4O5. The standard InChI is InChI=1S/C31H36N4O5/c1-19-28(32-27-9-10-35(31(38)29(19)27)18-22(36)17-34-11-13-40-14-12-34)16-25-24-15-21(5-8-26(24)33-30(25)37)20-3-6-23(39-2)7-4-20/h3-8,15-16,22,31-32,36,38H,9-14,17-18H2,1-2H3,(H,33,37)/b25-16-/t22-,31?/m0/s1. The molecular weight excluding hydrogens is 508 g/mol. The summed E-state index contributed by atoms with van der Waals surface area (Å²) in [6, 6.07) is 13.8. The summed E-state index contributed by atoms with van der Waals surface area (Å²) in [5, 5.41) is 25.0. The van der Waals surface area contributed by atoms with Crippen LogP contribution in [-0.2, 0) is 16.0 Å². The Morgan fingerprint density at radius 2 is 1.85 bits per heavy atom. The number of morpholine rings is 1. The van der Waals surface area contributed by atoms with Crippen LogP contribution in [0.25, 0.3) is 22.8 Å². The number of carbonyl (C=O) groups excluding carboxylic acids is 1. The molecule has 2 atom stereocenters. The first kappa shape index (κ1) is 26.7. The molecule has 40 heavy (non-hydrogen) atoms. The van der Waals surface area contributed by atoms with Crippen LogP contribution in [0.5, 0.6) is 5.75 Å². The third-order valence-corrected chi connectivity index (χ3v) is 8.20. The molecule has 1 saturated heterocycles. The normalized spacial score (nSPS) is 21.2. The van der Waals surface area contributed by atoms with E-state index in [1.807, 2.05) is 60.4 Å². The molecule has 4 heterocycles. The maximum Gasteiger partial charge on any atom is 0.256 e. The monoisotopic (exact) mass is 544 g/mol. The number of fused-ring (bicyclic) bond motifs is 2. The second-order valence-corrected chi connectivity index (χ2v) is 10.7. The number of ether oxygens (including phenoxy) is 2. The van der Waals surface area contributed by atoms with Crippen LogP contribution in [0.1, 0.15) is 34.3 Å². The quantitative estimate of drug-likeness (QED) is 0.339. The lowest BCUT2D eigenvalue weighted by Gasteiger charge is -2.35. The third kappa shape index (κ3) is 5.18.